The van der Waals surface area contributed by atoms with Gasteiger partial charge < -0.3 is 13.7 Å². The lowest BCUT2D eigenvalue weighted by Crippen LogP contribution is -2.13. The maximum Gasteiger partial charge on any atom is 0.221 e. The first-order valence-electron chi connectivity index (χ1n) is 22.2. The Labute approximate surface area is 377 Å². The summed E-state index contributed by atoms with van der Waals surface area (Å²) in [5, 5.41) is 20.9. The average Bonchev–Trinajstić information content (AvgIpc) is 3.91. The molecule has 0 amide bonds. The highest BCUT2D eigenvalue weighted by Crippen LogP contribution is 2.52. The van der Waals surface area contributed by atoms with Crippen LogP contribution >= 0.6 is 0 Å². The zero-order valence-corrected chi connectivity index (χ0v) is 37.2. The number of aryl methyl sites for hydroxylation is 6. The van der Waals surface area contributed by atoms with Crippen LogP contribution in [-0.4, -0.2) is 13.7 Å². The number of nitriles is 1. The van der Waals surface area contributed by atoms with E-state index in [1.54, 1.807) is 0 Å². The van der Waals surface area contributed by atoms with E-state index < -0.39 is 0 Å². The summed E-state index contributed by atoms with van der Waals surface area (Å²) in [6, 6.07) is 57.3. The molecule has 0 unspecified atom stereocenters. The molecule has 0 aliphatic carbocycles. The third-order valence-electron chi connectivity index (χ3n) is 13.6. The van der Waals surface area contributed by atoms with Gasteiger partial charge in [0.05, 0.1) is 62.3 Å². The van der Waals surface area contributed by atoms with E-state index in [2.05, 4.69) is 206 Å². The van der Waals surface area contributed by atoms with E-state index in [1.165, 1.54) is 0 Å². The van der Waals surface area contributed by atoms with Gasteiger partial charge >= 0.3 is 0 Å². The summed E-state index contributed by atoms with van der Waals surface area (Å²) >= 11 is 0. The minimum absolute atomic E-state index is 0.414. The first-order valence-corrected chi connectivity index (χ1v) is 22.2. The molecule has 0 atom stereocenters. The fourth-order valence-corrected chi connectivity index (χ4v) is 10.7. The van der Waals surface area contributed by atoms with Gasteiger partial charge in [0.25, 0.3) is 0 Å². The minimum atomic E-state index is 0.414. The Hall–Kier alpha value is -8.38. The highest BCUT2D eigenvalue weighted by Gasteiger charge is 2.33. The molecule has 0 radical (unpaired) electrons. The Morgan fingerprint density at radius 3 is 1.12 bits per heavy atom. The Balaban J connectivity index is 1.43. The lowest BCUT2D eigenvalue weighted by molar-refractivity contribution is 1.05. The van der Waals surface area contributed by atoms with Crippen molar-refractivity contribution in [1.29, 1.82) is 5.26 Å². The average molecular weight is 834 g/mol. The van der Waals surface area contributed by atoms with Crippen LogP contribution < -0.4 is 0 Å². The zero-order chi connectivity index (χ0) is 44.4. The number of benzene rings is 9. The molecule has 0 aliphatic heterocycles. The lowest BCUT2D eigenvalue weighted by Gasteiger charge is -2.27. The highest BCUT2D eigenvalue weighted by atomic mass is 15.1. The van der Waals surface area contributed by atoms with E-state index >= 15 is 0 Å². The molecule has 5 heteroatoms. The van der Waals surface area contributed by atoms with E-state index in [1.807, 2.05) is 12.1 Å². The Kier molecular flexibility index (Phi) is 8.29. The van der Waals surface area contributed by atoms with Crippen molar-refractivity contribution < 1.29 is 0 Å². The number of aromatic nitrogens is 3. The van der Waals surface area contributed by atoms with Crippen LogP contribution in [0, 0.1) is 59.4 Å². The van der Waals surface area contributed by atoms with Gasteiger partial charge in [-0.25, -0.2) is 4.85 Å². The lowest BCUT2D eigenvalue weighted by atomic mass is 9.92. The maximum atomic E-state index is 12.1. The summed E-state index contributed by atoms with van der Waals surface area (Å²) in [6.45, 7) is 22.3. The molecule has 0 fully saturated rings. The van der Waals surface area contributed by atoms with Crippen LogP contribution in [0.4, 0.5) is 5.69 Å². The largest absolute Gasteiger partial charge is 0.317 e. The molecule has 12 rings (SSSR count). The van der Waals surface area contributed by atoms with Gasteiger partial charge in [0.15, 0.2) is 0 Å². The van der Waals surface area contributed by atoms with Crippen LogP contribution in [0.25, 0.3) is 109 Å². The number of hydrogen-bond acceptors (Lipinski definition) is 1. The zero-order valence-electron chi connectivity index (χ0n) is 37.2. The van der Waals surface area contributed by atoms with Gasteiger partial charge in [0.1, 0.15) is 6.07 Å². The molecule has 0 bridgehead atoms. The second kappa shape index (κ2) is 14.1. The van der Waals surface area contributed by atoms with E-state index in [0.717, 1.165) is 132 Å². The standard InChI is InChI=1S/C60H43N5/c1-34-12-20-50-43(26-34)44-27-35(2)13-21-51(44)63(50)58-49(33-61)56(42-19-18-40-10-8-9-11-41(40)32-42)57(62-7)59(64-52-22-14-36(3)28-45(52)46-29-37(4)15-23-53(46)64)60(58)65-54-24-16-38(5)30-47(54)48-31-39(6)17-25-55(48)65/h8-32H,1-6H3. The summed E-state index contributed by atoms with van der Waals surface area (Å²) in [7, 11) is 0. The van der Waals surface area contributed by atoms with Crippen LogP contribution in [0.2, 0.25) is 0 Å². The predicted octanol–water partition coefficient (Wildman–Crippen LogP) is 16.1. The predicted molar refractivity (Wildman–Crippen MR) is 272 cm³/mol. The third-order valence-corrected chi connectivity index (χ3v) is 13.6. The van der Waals surface area contributed by atoms with Gasteiger partial charge in [0, 0.05) is 37.9 Å². The van der Waals surface area contributed by atoms with Crippen molar-refractivity contribution in [3.05, 3.63) is 202 Å². The monoisotopic (exact) mass is 833 g/mol. The van der Waals surface area contributed by atoms with Crippen LogP contribution in [0.15, 0.2) is 152 Å². The molecule has 9 aromatic carbocycles. The van der Waals surface area contributed by atoms with E-state index in [4.69, 9.17) is 0 Å². The van der Waals surface area contributed by atoms with Crippen LogP contribution in [0.1, 0.15) is 38.9 Å². The number of hydrogen-bond donors (Lipinski definition) is 0. The number of nitrogens with zero attached hydrogens (tertiary/aromatic N) is 5. The normalized spacial score (nSPS) is 11.8. The summed E-state index contributed by atoms with van der Waals surface area (Å²) in [4.78, 5) is 4.62. The topological polar surface area (TPSA) is 42.9 Å². The van der Waals surface area contributed by atoms with Crippen LogP contribution in [0.3, 0.4) is 0 Å². The summed E-state index contributed by atoms with van der Waals surface area (Å²) in [5.74, 6) is 0. The van der Waals surface area contributed by atoms with E-state index in [9.17, 15) is 11.8 Å². The molecular formula is C60H43N5. The molecule has 0 aliphatic rings. The quantitative estimate of drug-likeness (QED) is 0.163. The summed E-state index contributed by atoms with van der Waals surface area (Å²) in [5.41, 5.74) is 17.4. The van der Waals surface area contributed by atoms with E-state index in [0.29, 0.717) is 16.8 Å². The van der Waals surface area contributed by atoms with Gasteiger partial charge in [-0.2, -0.15) is 5.26 Å². The molecule has 3 heterocycles. The molecule has 0 spiro atoms. The van der Waals surface area contributed by atoms with Crippen LogP contribution in [0.5, 0.6) is 0 Å². The number of fused-ring (bicyclic) bond motifs is 10. The van der Waals surface area contributed by atoms with Gasteiger partial charge in [-0.05, 0) is 137 Å². The molecule has 0 saturated heterocycles. The van der Waals surface area contributed by atoms with E-state index in [-0.39, 0.29) is 0 Å². The van der Waals surface area contributed by atoms with Crippen molar-refractivity contribution >= 4 is 81.9 Å². The van der Waals surface area contributed by atoms with Crippen molar-refractivity contribution in [2.75, 3.05) is 0 Å². The third kappa shape index (κ3) is 5.56. The Morgan fingerprint density at radius 1 is 0.400 bits per heavy atom. The van der Waals surface area contributed by atoms with Gasteiger partial charge in [-0.1, -0.05) is 106 Å². The molecule has 0 saturated carbocycles. The Morgan fingerprint density at radius 2 is 0.754 bits per heavy atom. The molecular weight excluding hydrogens is 791 g/mol. The van der Waals surface area contributed by atoms with Gasteiger partial charge in [-0.3, -0.25) is 0 Å². The molecule has 5 nitrogen and oxygen atoms in total. The highest BCUT2D eigenvalue weighted by molar-refractivity contribution is 6.16. The first-order chi connectivity index (χ1) is 31.6. The maximum absolute atomic E-state index is 12.1. The second-order valence-electron chi connectivity index (χ2n) is 18.1. The fraction of sp³-hybridized carbons (Fsp3) is 0.100. The SMILES string of the molecule is [C-]#[N+]c1c(-c2ccc3ccccc3c2)c(C#N)c(-n2c3ccc(C)cc3c3cc(C)ccc32)c(-n2c3ccc(C)cc3c3cc(C)ccc32)c1-n1c2ccc(C)cc2c2cc(C)ccc21. The van der Waals surface area contributed by atoms with Crippen molar-refractivity contribution in [2.24, 2.45) is 0 Å². The summed E-state index contributed by atoms with van der Waals surface area (Å²) in [6.07, 6.45) is 0. The van der Waals surface area contributed by atoms with Crippen molar-refractivity contribution in [2.45, 2.75) is 41.5 Å². The molecule has 3 aromatic heterocycles. The van der Waals surface area contributed by atoms with Gasteiger partial charge in [0.2, 0.25) is 5.69 Å². The van der Waals surface area contributed by atoms with Crippen molar-refractivity contribution in [1.82, 2.24) is 13.7 Å². The molecule has 65 heavy (non-hydrogen) atoms. The molecule has 0 N–H and O–H groups in total. The smallest absolute Gasteiger partial charge is 0.221 e. The van der Waals surface area contributed by atoms with Crippen molar-refractivity contribution in [3.63, 3.8) is 0 Å². The van der Waals surface area contributed by atoms with Crippen molar-refractivity contribution in [3.8, 4) is 34.3 Å². The minimum Gasteiger partial charge on any atom is -0.317 e. The Bertz CT molecular complexity index is 3810. The summed E-state index contributed by atoms with van der Waals surface area (Å²) < 4.78 is 7.00. The fourth-order valence-electron chi connectivity index (χ4n) is 10.7. The molecule has 12 aromatic rings. The second-order valence-corrected chi connectivity index (χ2v) is 18.1. The van der Waals surface area contributed by atoms with Gasteiger partial charge in [-0.15, -0.1) is 0 Å². The number of rotatable bonds is 4. The first kappa shape index (κ1) is 38.3. The van der Waals surface area contributed by atoms with Crippen LogP contribution in [-0.2, 0) is 0 Å². The molecule has 308 valence electrons.